The van der Waals surface area contributed by atoms with Gasteiger partial charge in [0, 0.05) is 17.7 Å². The molecule has 0 radical (unpaired) electrons. The number of methoxy groups -OCH3 is 1. The van der Waals surface area contributed by atoms with Gasteiger partial charge in [0.2, 0.25) is 0 Å². The number of nitro benzene ring substituents is 1. The summed E-state index contributed by atoms with van der Waals surface area (Å²) in [6.45, 7) is 0.218. The molecule has 0 aliphatic rings. The van der Waals surface area contributed by atoms with Crippen molar-refractivity contribution >= 4 is 17.5 Å². The lowest BCUT2D eigenvalue weighted by molar-refractivity contribution is -0.384. The van der Waals surface area contributed by atoms with Gasteiger partial charge in [-0.3, -0.25) is 10.1 Å². The lowest BCUT2D eigenvalue weighted by Gasteiger charge is -2.10. The van der Waals surface area contributed by atoms with Gasteiger partial charge in [-0.15, -0.1) is 0 Å². The van der Waals surface area contributed by atoms with Crippen LogP contribution in [0.4, 0.5) is 5.69 Å². The molecule has 0 heterocycles. The number of hydrogen-bond donors (Lipinski definition) is 1. The van der Waals surface area contributed by atoms with E-state index in [4.69, 9.17) is 20.0 Å². The average Bonchev–Trinajstić information content (AvgIpc) is 2.81. The van der Waals surface area contributed by atoms with Crippen LogP contribution in [0.15, 0.2) is 78.0 Å². The smallest absolute Gasteiger partial charge is 0.365 e. The Balaban J connectivity index is 1.64. The summed E-state index contributed by atoms with van der Waals surface area (Å²) in [5, 5.41) is 14.3. The Bertz CT molecular complexity index is 1110. The molecule has 0 saturated heterocycles. The van der Waals surface area contributed by atoms with Crippen LogP contribution in [-0.2, 0) is 11.4 Å². The van der Waals surface area contributed by atoms with Crippen molar-refractivity contribution in [2.75, 3.05) is 7.11 Å². The number of carbonyl (C=O) groups excluding carboxylic acids is 1. The molecule has 9 nitrogen and oxygen atoms in total. The van der Waals surface area contributed by atoms with Crippen LogP contribution in [0.2, 0.25) is 0 Å². The highest BCUT2D eigenvalue weighted by atomic mass is 16.7. The second-order valence-electron chi connectivity index (χ2n) is 6.30. The molecule has 0 aliphatic carbocycles. The highest BCUT2D eigenvalue weighted by Crippen LogP contribution is 2.26. The number of non-ortho nitro benzene ring substituents is 1. The number of nitrogens with two attached hydrogens (primary N) is 1. The van der Waals surface area contributed by atoms with E-state index in [9.17, 15) is 14.9 Å². The van der Waals surface area contributed by atoms with Crippen molar-refractivity contribution in [3.05, 3.63) is 99.6 Å². The van der Waals surface area contributed by atoms with Gasteiger partial charge in [0.15, 0.2) is 17.3 Å². The van der Waals surface area contributed by atoms with Crippen LogP contribution in [-0.4, -0.2) is 23.8 Å². The molecule has 0 fully saturated rings. The summed E-state index contributed by atoms with van der Waals surface area (Å²) >= 11 is 0. The van der Waals surface area contributed by atoms with Gasteiger partial charge >= 0.3 is 5.97 Å². The number of nitro groups is 1. The highest BCUT2D eigenvalue weighted by Gasteiger charge is 2.11. The number of carbonyl (C=O) groups is 1. The topological polar surface area (TPSA) is 126 Å². The van der Waals surface area contributed by atoms with Crippen LogP contribution >= 0.6 is 0 Å². The number of para-hydroxylation sites is 2. The lowest BCUT2D eigenvalue weighted by Crippen LogP contribution is -2.15. The third kappa shape index (κ3) is 5.57. The van der Waals surface area contributed by atoms with E-state index in [1.165, 1.54) is 24.3 Å². The fourth-order valence-corrected chi connectivity index (χ4v) is 2.64. The van der Waals surface area contributed by atoms with E-state index in [-0.39, 0.29) is 23.7 Å². The summed E-state index contributed by atoms with van der Waals surface area (Å²) in [5.41, 5.74) is 7.10. The van der Waals surface area contributed by atoms with Crippen LogP contribution in [0.1, 0.15) is 21.5 Å². The summed E-state index contributed by atoms with van der Waals surface area (Å²) in [7, 11) is 1.56. The molecule has 3 aromatic carbocycles. The molecule has 3 rings (SSSR count). The van der Waals surface area contributed by atoms with E-state index in [2.05, 4.69) is 5.16 Å². The number of nitrogens with zero attached hydrogens (tertiary/aromatic N) is 2. The van der Waals surface area contributed by atoms with Gasteiger partial charge in [0.1, 0.15) is 6.61 Å². The van der Waals surface area contributed by atoms with Crippen LogP contribution in [0.5, 0.6) is 11.5 Å². The van der Waals surface area contributed by atoms with Crippen LogP contribution in [0.3, 0.4) is 0 Å². The highest BCUT2D eigenvalue weighted by molar-refractivity contribution is 5.98. The summed E-state index contributed by atoms with van der Waals surface area (Å²) in [6.07, 6.45) is 0. The Morgan fingerprint density at radius 3 is 2.39 bits per heavy atom. The molecule has 3 aromatic rings. The van der Waals surface area contributed by atoms with Crippen molar-refractivity contribution < 1.29 is 24.0 Å². The zero-order valence-corrected chi connectivity index (χ0v) is 16.6. The monoisotopic (exact) mass is 421 g/mol. The summed E-state index contributed by atoms with van der Waals surface area (Å²) in [6, 6.07) is 19.3. The molecule has 0 spiro atoms. The number of oxime groups is 1. The quantitative estimate of drug-likeness (QED) is 0.193. The zero-order valence-electron chi connectivity index (χ0n) is 16.6. The van der Waals surface area contributed by atoms with Crippen molar-refractivity contribution in [2.24, 2.45) is 10.9 Å². The first-order valence-corrected chi connectivity index (χ1v) is 9.12. The van der Waals surface area contributed by atoms with Gasteiger partial charge in [-0.05, 0) is 42.0 Å². The number of rotatable bonds is 8. The molecule has 158 valence electrons. The fraction of sp³-hybridized carbons (Fsp3) is 0.0909. The molecule has 0 bridgehead atoms. The minimum absolute atomic E-state index is 0.0827. The van der Waals surface area contributed by atoms with Gasteiger partial charge in [-0.1, -0.05) is 29.4 Å². The maximum absolute atomic E-state index is 12.3. The van der Waals surface area contributed by atoms with Gasteiger partial charge in [-0.2, -0.15) is 0 Å². The Morgan fingerprint density at radius 2 is 1.71 bits per heavy atom. The van der Waals surface area contributed by atoms with E-state index in [1.807, 2.05) is 12.1 Å². The number of ether oxygens (including phenoxy) is 2. The zero-order chi connectivity index (χ0) is 22.2. The SMILES string of the molecule is COc1ccccc1OCc1cccc(C(=O)O/N=C(\N)c2ccc([N+](=O)[O-])cc2)c1. The molecule has 0 aliphatic heterocycles. The predicted octanol–water partition coefficient (Wildman–Crippen LogP) is 3.66. The van der Waals surface area contributed by atoms with Gasteiger partial charge < -0.3 is 20.0 Å². The van der Waals surface area contributed by atoms with Crippen molar-refractivity contribution in [1.82, 2.24) is 0 Å². The lowest BCUT2D eigenvalue weighted by atomic mass is 10.1. The number of amidine groups is 1. The van der Waals surface area contributed by atoms with E-state index in [0.717, 1.165) is 5.56 Å². The maximum Gasteiger partial charge on any atom is 0.365 e. The van der Waals surface area contributed by atoms with Crippen molar-refractivity contribution in [3.63, 3.8) is 0 Å². The van der Waals surface area contributed by atoms with E-state index < -0.39 is 10.9 Å². The largest absolute Gasteiger partial charge is 0.493 e. The summed E-state index contributed by atoms with van der Waals surface area (Å²) in [5.74, 6) is 0.399. The fourth-order valence-electron chi connectivity index (χ4n) is 2.64. The molecular formula is C22H19N3O6. The first-order chi connectivity index (χ1) is 15.0. The summed E-state index contributed by atoms with van der Waals surface area (Å²) in [4.78, 5) is 27.4. The summed E-state index contributed by atoms with van der Waals surface area (Å²) < 4.78 is 11.0. The molecule has 0 unspecified atom stereocenters. The molecular weight excluding hydrogens is 402 g/mol. The number of hydrogen-bond acceptors (Lipinski definition) is 7. The minimum atomic E-state index is -0.705. The van der Waals surface area contributed by atoms with Crippen LogP contribution in [0, 0.1) is 10.1 Å². The number of benzene rings is 3. The van der Waals surface area contributed by atoms with Gasteiger partial charge in [0.25, 0.3) is 5.69 Å². The van der Waals surface area contributed by atoms with E-state index in [0.29, 0.717) is 17.1 Å². The normalized spacial score (nSPS) is 10.9. The van der Waals surface area contributed by atoms with Crippen LogP contribution < -0.4 is 15.2 Å². The van der Waals surface area contributed by atoms with Crippen molar-refractivity contribution in [1.29, 1.82) is 0 Å². The molecule has 31 heavy (non-hydrogen) atoms. The predicted molar refractivity (Wildman–Crippen MR) is 113 cm³/mol. The minimum Gasteiger partial charge on any atom is -0.493 e. The van der Waals surface area contributed by atoms with Crippen molar-refractivity contribution in [2.45, 2.75) is 6.61 Å². The molecule has 0 amide bonds. The molecule has 9 heteroatoms. The van der Waals surface area contributed by atoms with Gasteiger partial charge in [-0.25, -0.2) is 4.79 Å². The van der Waals surface area contributed by atoms with E-state index >= 15 is 0 Å². The Labute approximate surface area is 177 Å². The second kappa shape index (κ2) is 9.88. The third-order valence-corrected chi connectivity index (χ3v) is 4.23. The molecule has 0 aromatic heterocycles. The molecule has 2 N–H and O–H groups in total. The average molecular weight is 421 g/mol. The second-order valence-corrected chi connectivity index (χ2v) is 6.30. The Kier molecular flexibility index (Phi) is 6.79. The first kappa shape index (κ1) is 21.3. The third-order valence-electron chi connectivity index (χ3n) is 4.23. The maximum atomic E-state index is 12.3. The first-order valence-electron chi connectivity index (χ1n) is 9.12. The van der Waals surface area contributed by atoms with Crippen molar-refractivity contribution in [3.8, 4) is 11.5 Å². The van der Waals surface area contributed by atoms with Crippen LogP contribution in [0.25, 0.3) is 0 Å². The standard InChI is InChI=1S/C22H19N3O6/c1-29-19-7-2-3-8-20(19)30-14-15-5-4-6-17(13-15)22(26)31-24-21(23)16-9-11-18(12-10-16)25(27)28/h2-13H,14H2,1H3,(H2,23,24). The van der Waals surface area contributed by atoms with E-state index in [1.54, 1.807) is 43.5 Å². The molecule has 0 atom stereocenters. The Hall–Kier alpha value is -4.40. The molecule has 0 saturated carbocycles. The Morgan fingerprint density at radius 1 is 1.00 bits per heavy atom. The van der Waals surface area contributed by atoms with Gasteiger partial charge in [0.05, 0.1) is 17.6 Å².